The van der Waals surface area contributed by atoms with Gasteiger partial charge in [0.05, 0.1) is 6.04 Å². The zero-order valence-corrected chi connectivity index (χ0v) is 15.9. The molecule has 4 rings (SSSR count). The first-order chi connectivity index (χ1) is 13.6. The number of rotatable bonds is 5. The molecule has 1 unspecified atom stereocenters. The molecule has 1 amide bonds. The van der Waals surface area contributed by atoms with Crippen molar-refractivity contribution in [2.75, 3.05) is 37.9 Å². The predicted octanol–water partition coefficient (Wildman–Crippen LogP) is 1.95. The van der Waals surface area contributed by atoms with Crippen LogP contribution in [0.1, 0.15) is 12.5 Å². The summed E-state index contributed by atoms with van der Waals surface area (Å²) in [4.78, 5) is 17.1. The van der Waals surface area contributed by atoms with E-state index in [2.05, 4.69) is 15.1 Å². The number of phenolic OH excluding ortho intramolecular Hbond substituents is 1. The maximum atomic E-state index is 12.6. The fraction of sp³-hybridized carbons (Fsp3) is 0.381. The van der Waals surface area contributed by atoms with Gasteiger partial charge in [0.25, 0.3) is 0 Å². The number of hydrogen-bond acceptors (Lipinski definition) is 6. The minimum absolute atomic E-state index is 0.0238. The number of piperazine rings is 1. The maximum absolute atomic E-state index is 12.6. The van der Waals surface area contributed by atoms with Gasteiger partial charge in [0, 0.05) is 38.4 Å². The smallest absolute Gasteiger partial charge is 0.237 e. The van der Waals surface area contributed by atoms with Crippen LogP contribution in [0.5, 0.6) is 17.2 Å². The number of anilines is 1. The van der Waals surface area contributed by atoms with Crippen LogP contribution in [0.25, 0.3) is 0 Å². The molecule has 148 valence electrons. The second-order valence-corrected chi connectivity index (χ2v) is 7.12. The van der Waals surface area contributed by atoms with Crippen molar-refractivity contribution in [1.82, 2.24) is 10.2 Å². The Bertz CT molecular complexity index is 832. The molecule has 7 nitrogen and oxygen atoms in total. The standard InChI is InChI=1S/C21H25N3O4/c1-15(21(26)22-13-16-2-7-19-20(12-16)28-14-27-19)23-8-10-24(11-9-23)17-3-5-18(25)6-4-17/h2-7,12,15,25H,8-11,13-14H2,1H3,(H,22,26). The highest BCUT2D eigenvalue weighted by atomic mass is 16.7. The summed E-state index contributed by atoms with van der Waals surface area (Å²) >= 11 is 0. The van der Waals surface area contributed by atoms with Crippen LogP contribution in [-0.4, -0.2) is 54.9 Å². The molecule has 2 heterocycles. The van der Waals surface area contributed by atoms with Crippen LogP contribution >= 0.6 is 0 Å². The molecule has 2 aliphatic rings. The lowest BCUT2D eigenvalue weighted by Crippen LogP contribution is -2.53. The summed E-state index contributed by atoms with van der Waals surface area (Å²) < 4.78 is 10.7. The Hall–Kier alpha value is -2.93. The molecule has 0 bridgehead atoms. The Balaban J connectivity index is 1.27. The van der Waals surface area contributed by atoms with Crippen molar-refractivity contribution in [3.8, 4) is 17.2 Å². The van der Waals surface area contributed by atoms with Gasteiger partial charge in [-0.15, -0.1) is 0 Å². The number of aromatic hydroxyl groups is 1. The molecule has 2 aliphatic heterocycles. The third-order valence-electron chi connectivity index (χ3n) is 5.36. The number of fused-ring (bicyclic) bond motifs is 1. The van der Waals surface area contributed by atoms with E-state index < -0.39 is 0 Å². The third kappa shape index (κ3) is 3.99. The van der Waals surface area contributed by atoms with Crippen molar-refractivity contribution in [2.45, 2.75) is 19.5 Å². The van der Waals surface area contributed by atoms with E-state index in [-0.39, 0.29) is 24.5 Å². The van der Waals surface area contributed by atoms with E-state index in [4.69, 9.17) is 9.47 Å². The van der Waals surface area contributed by atoms with Gasteiger partial charge in [0.15, 0.2) is 11.5 Å². The van der Waals surface area contributed by atoms with Crippen molar-refractivity contribution in [1.29, 1.82) is 0 Å². The van der Waals surface area contributed by atoms with Gasteiger partial charge in [-0.25, -0.2) is 0 Å². The van der Waals surface area contributed by atoms with Gasteiger partial charge < -0.3 is 24.8 Å². The normalized spacial score (nSPS) is 17.4. The molecule has 2 N–H and O–H groups in total. The predicted molar refractivity (Wildman–Crippen MR) is 106 cm³/mol. The minimum atomic E-state index is -0.184. The molecule has 7 heteroatoms. The summed E-state index contributed by atoms with van der Waals surface area (Å²) in [6, 6.07) is 12.8. The Morgan fingerprint density at radius 2 is 1.79 bits per heavy atom. The molecule has 0 aliphatic carbocycles. The SMILES string of the molecule is CC(C(=O)NCc1ccc2c(c1)OCO2)N1CCN(c2ccc(O)cc2)CC1. The summed E-state index contributed by atoms with van der Waals surface area (Å²) in [7, 11) is 0. The average Bonchev–Trinajstić information content (AvgIpc) is 3.20. The highest BCUT2D eigenvalue weighted by molar-refractivity contribution is 5.81. The highest BCUT2D eigenvalue weighted by Crippen LogP contribution is 2.32. The van der Waals surface area contributed by atoms with Crippen molar-refractivity contribution in [2.24, 2.45) is 0 Å². The number of ether oxygens (including phenoxy) is 2. The van der Waals surface area contributed by atoms with Crippen molar-refractivity contribution < 1.29 is 19.4 Å². The summed E-state index contributed by atoms with van der Waals surface area (Å²) in [5.41, 5.74) is 2.08. The molecule has 1 atom stereocenters. The molecular formula is C21H25N3O4. The Labute approximate surface area is 164 Å². The van der Waals surface area contributed by atoms with E-state index >= 15 is 0 Å². The zero-order chi connectivity index (χ0) is 19.5. The summed E-state index contributed by atoms with van der Waals surface area (Å²) in [6.07, 6.45) is 0. The van der Waals surface area contributed by atoms with Crippen LogP contribution in [0, 0.1) is 0 Å². The molecule has 2 aromatic carbocycles. The molecule has 0 aromatic heterocycles. The lowest BCUT2D eigenvalue weighted by molar-refractivity contribution is -0.126. The number of carbonyl (C=O) groups is 1. The van der Waals surface area contributed by atoms with Gasteiger partial charge in [-0.1, -0.05) is 6.07 Å². The van der Waals surface area contributed by atoms with Gasteiger partial charge >= 0.3 is 0 Å². The summed E-state index contributed by atoms with van der Waals surface area (Å²) in [5.74, 6) is 1.77. The lowest BCUT2D eigenvalue weighted by Gasteiger charge is -2.38. The maximum Gasteiger partial charge on any atom is 0.237 e. The van der Waals surface area contributed by atoms with E-state index in [9.17, 15) is 9.90 Å². The van der Waals surface area contributed by atoms with Crippen LogP contribution in [0.4, 0.5) is 5.69 Å². The Morgan fingerprint density at radius 3 is 2.54 bits per heavy atom. The number of hydrogen-bond donors (Lipinski definition) is 2. The first-order valence-corrected chi connectivity index (χ1v) is 9.54. The number of phenols is 1. The molecule has 1 saturated heterocycles. The van der Waals surface area contributed by atoms with Gasteiger partial charge in [0.1, 0.15) is 5.75 Å². The first-order valence-electron chi connectivity index (χ1n) is 9.54. The van der Waals surface area contributed by atoms with Gasteiger partial charge in [0.2, 0.25) is 12.7 Å². The molecule has 2 aromatic rings. The lowest BCUT2D eigenvalue weighted by atomic mass is 10.1. The van der Waals surface area contributed by atoms with Crippen molar-refractivity contribution >= 4 is 11.6 Å². The minimum Gasteiger partial charge on any atom is -0.508 e. The molecule has 0 radical (unpaired) electrons. The van der Waals surface area contributed by atoms with Crippen molar-refractivity contribution in [3.63, 3.8) is 0 Å². The van der Waals surface area contributed by atoms with Crippen LogP contribution in [0.15, 0.2) is 42.5 Å². The zero-order valence-electron chi connectivity index (χ0n) is 15.9. The van der Waals surface area contributed by atoms with E-state index in [0.717, 1.165) is 48.9 Å². The van der Waals surface area contributed by atoms with Gasteiger partial charge in [-0.05, 0) is 48.9 Å². The molecule has 0 spiro atoms. The van der Waals surface area contributed by atoms with E-state index in [1.54, 1.807) is 12.1 Å². The number of benzene rings is 2. The monoisotopic (exact) mass is 383 g/mol. The topological polar surface area (TPSA) is 74.3 Å². The van der Waals surface area contributed by atoms with Gasteiger partial charge in [-0.3, -0.25) is 9.69 Å². The van der Waals surface area contributed by atoms with Crippen LogP contribution in [0.3, 0.4) is 0 Å². The van der Waals surface area contributed by atoms with E-state index in [1.165, 1.54) is 0 Å². The van der Waals surface area contributed by atoms with E-state index in [0.29, 0.717) is 6.54 Å². The number of nitrogens with zero attached hydrogens (tertiary/aromatic N) is 2. The summed E-state index contributed by atoms with van der Waals surface area (Å²) in [6.45, 7) is 6.00. The Kier molecular flexibility index (Phi) is 5.25. The van der Waals surface area contributed by atoms with Gasteiger partial charge in [-0.2, -0.15) is 0 Å². The second kappa shape index (κ2) is 7.98. The number of amides is 1. The molecule has 1 fully saturated rings. The largest absolute Gasteiger partial charge is 0.508 e. The quantitative estimate of drug-likeness (QED) is 0.822. The molecule has 0 saturated carbocycles. The first kappa shape index (κ1) is 18.4. The molecule has 28 heavy (non-hydrogen) atoms. The third-order valence-corrected chi connectivity index (χ3v) is 5.36. The highest BCUT2D eigenvalue weighted by Gasteiger charge is 2.25. The number of nitrogens with one attached hydrogen (secondary N) is 1. The average molecular weight is 383 g/mol. The number of carbonyl (C=O) groups excluding carboxylic acids is 1. The van der Waals surface area contributed by atoms with E-state index in [1.807, 2.05) is 37.3 Å². The fourth-order valence-electron chi connectivity index (χ4n) is 3.58. The van der Waals surface area contributed by atoms with Crippen LogP contribution in [-0.2, 0) is 11.3 Å². The van der Waals surface area contributed by atoms with Crippen LogP contribution < -0.4 is 19.7 Å². The second-order valence-electron chi connectivity index (χ2n) is 7.12. The van der Waals surface area contributed by atoms with Crippen LogP contribution in [0.2, 0.25) is 0 Å². The molecular weight excluding hydrogens is 358 g/mol. The Morgan fingerprint density at radius 1 is 1.07 bits per heavy atom. The summed E-state index contributed by atoms with van der Waals surface area (Å²) in [5, 5.41) is 12.4. The fourth-order valence-corrected chi connectivity index (χ4v) is 3.58. The van der Waals surface area contributed by atoms with Crippen molar-refractivity contribution in [3.05, 3.63) is 48.0 Å².